The van der Waals surface area contributed by atoms with Gasteiger partial charge in [-0.1, -0.05) is 30.3 Å². The van der Waals surface area contributed by atoms with Crippen LogP contribution in [0.25, 0.3) is 11.0 Å². The molecule has 0 fully saturated rings. The summed E-state index contributed by atoms with van der Waals surface area (Å²) in [6, 6.07) is 14.9. The summed E-state index contributed by atoms with van der Waals surface area (Å²) in [4.78, 5) is 23.9. The molecule has 23 heavy (non-hydrogen) atoms. The number of hydrogen-bond acceptors (Lipinski definition) is 5. The number of carbonyl (C=O) groups is 1. The molecule has 0 bridgehead atoms. The molecule has 1 aromatic heterocycles. The number of rotatable bonds is 3. The Bertz CT molecular complexity index is 960. The third-order valence-electron chi connectivity index (χ3n) is 3.19. The van der Waals surface area contributed by atoms with Gasteiger partial charge in [-0.3, -0.25) is 4.79 Å². The quantitative estimate of drug-likeness (QED) is 0.441. The van der Waals surface area contributed by atoms with E-state index in [0.717, 1.165) is 0 Å². The van der Waals surface area contributed by atoms with Crippen molar-refractivity contribution in [2.24, 2.45) is 5.10 Å². The van der Waals surface area contributed by atoms with Crippen LogP contribution in [-0.2, 0) is 0 Å². The van der Waals surface area contributed by atoms with Crippen molar-refractivity contribution in [2.45, 2.75) is 0 Å². The van der Waals surface area contributed by atoms with Gasteiger partial charge in [0, 0.05) is 10.9 Å². The lowest BCUT2D eigenvalue weighted by Gasteiger charge is -2.01. The molecule has 1 heterocycles. The Kier molecular flexibility index (Phi) is 3.88. The molecule has 0 saturated heterocycles. The van der Waals surface area contributed by atoms with E-state index in [9.17, 15) is 14.7 Å². The highest BCUT2D eigenvalue weighted by Crippen LogP contribution is 2.13. The zero-order valence-corrected chi connectivity index (χ0v) is 11.9. The maximum atomic E-state index is 12.0. The van der Waals surface area contributed by atoms with Crippen LogP contribution in [0.2, 0.25) is 0 Å². The maximum Gasteiger partial charge on any atom is 0.349 e. The van der Waals surface area contributed by atoms with E-state index in [1.807, 2.05) is 0 Å². The van der Waals surface area contributed by atoms with Gasteiger partial charge in [-0.25, -0.2) is 10.2 Å². The third kappa shape index (κ3) is 3.11. The Hall–Kier alpha value is -3.41. The average Bonchev–Trinajstić information content (AvgIpc) is 2.56. The number of nitrogens with one attached hydrogen (secondary N) is 1. The first-order valence-corrected chi connectivity index (χ1v) is 6.79. The van der Waals surface area contributed by atoms with Crippen molar-refractivity contribution in [1.82, 2.24) is 5.43 Å². The fourth-order valence-electron chi connectivity index (χ4n) is 2.04. The molecule has 0 aliphatic heterocycles. The topological polar surface area (TPSA) is 91.9 Å². The molecule has 3 rings (SSSR count). The van der Waals surface area contributed by atoms with Crippen molar-refractivity contribution in [3.05, 3.63) is 76.1 Å². The molecule has 3 aromatic rings. The van der Waals surface area contributed by atoms with E-state index in [1.54, 1.807) is 42.5 Å². The van der Waals surface area contributed by atoms with Gasteiger partial charge in [0.05, 0.1) is 6.21 Å². The number of phenolic OH excluding ortho intramolecular Hbond substituents is 1. The molecule has 0 saturated carbocycles. The van der Waals surface area contributed by atoms with E-state index >= 15 is 0 Å². The van der Waals surface area contributed by atoms with Crippen molar-refractivity contribution in [3.8, 4) is 5.75 Å². The lowest BCUT2D eigenvalue weighted by molar-refractivity contribution is 0.0951. The van der Waals surface area contributed by atoms with Gasteiger partial charge >= 0.3 is 5.63 Å². The molecule has 1 amide bonds. The first-order chi connectivity index (χ1) is 11.1. The zero-order valence-electron chi connectivity index (χ0n) is 11.9. The number of hydrogen-bond donors (Lipinski definition) is 2. The van der Waals surface area contributed by atoms with Gasteiger partial charge in [0.15, 0.2) is 0 Å². The van der Waals surface area contributed by atoms with Gasteiger partial charge in [-0.05, 0) is 24.3 Å². The summed E-state index contributed by atoms with van der Waals surface area (Å²) in [6.45, 7) is 0. The molecule has 0 unspecified atom stereocenters. The predicted octanol–water partition coefficient (Wildman–Crippen LogP) is 2.26. The summed E-state index contributed by atoms with van der Waals surface area (Å²) in [5.74, 6) is -0.646. The van der Waals surface area contributed by atoms with Crippen LogP contribution in [0.15, 0.2) is 68.9 Å². The van der Waals surface area contributed by atoms with Gasteiger partial charge in [0.25, 0.3) is 5.91 Å². The Morgan fingerprint density at radius 1 is 1.13 bits per heavy atom. The molecule has 0 aliphatic rings. The summed E-state index contributed by atoms with van der Waals surface area (Å²) >= 11 is 0. The van der Waals surface area contributed by atoms with Crippen molar-refractivity contribution in [3.63, 3.8) is 0 Å². The first-order valence-electron chi connectivity index (χ1n) is 6.79. The molecule has 6 nitrogen and oxygen atoms in total. The van der Waals surface area contributed by atoms with Crippen LogP contribution in [0.4, 0.5) is 0 Å². The first kappa shape index (κ1) is 14.5. The largest absolute Gasteiger partial charge is 0.507 e. The van der Waals surface area contributed by atoms with E-state index in [0.29, 0.717) is 16.5 Å². The second-order valence-electron chi connectivity index (χ2n) is 4.74. The number of nitrogens with zero attached hydrogens (tertiary/aromatic N) is 1. The Labute approximate surface area is 130 Å². The number of aromatic hydroxyl groups is 1. The highest BCUT2D eigenvalue weighted by atomic mass is 16.4. The van der Waals surface area contributed by atoms with Crippen LogP contribution in [0.3, 0.4) is 0 Å². The lowest BCUT2D eigenvalue weighted by Crippen LogP contribution is -2.24. The van der Waals surface area contributed by atoms with Gasteiger partial charge in [-0.15, -0.1) is 0 Å². The lowest BCUT2D eigenvalue weighted by atomic mass is 10.2. The number of carbonyl (C=O) groups excluding carboxylic acids is 1. The van der Waals surface area contributed by atoms with Gasteiger partial charge in [0.1, 0.15) is 16.9 Å². The van der Waals surface area contributed by atoms with Crippen LogP contribution >= 0.6 is 0 Å². The van der Waals surface area contributed by atoms with Crippen LogP contribution in [0.1, 0.15) is 15.9 Å². The normalized spacial score (nSPS) is 11.0. The van der Waals surface area contributed by atoms with Crippen molar-refractivity contribution >= 4 is 23.1 Å². The minimum Gasteiger partial charge on any atom is -0.507 e. The smallest absolute Gasteiger partial charge is 0.349 e. The Balaban J connectivity index is 1.82. The molecular weight excluding hydrogens is 296 g/mol. The summed E-state index contributed by atoms with van der Waals surface area (Å²) in [7, 11) is 0. The molecule has 0 atom stereocenters. The number of para-hydroxylation sites is 2. The fourth-order valence-corrected chi connectivity index (χ4v) is 2.04. The summed E-state index contributed by atoms with van der Waals surface area (Å²) in [5.41, 5.74) is 2.21. The van der Waals surface area contributed by atoms with Gasteiger partial charge in [0.2, 0.25) is 0 Å². The van der Waals surface area contributed by atoms with E-state index in [4.69, 9.17) is 4.42 Å². The van der Waals surface area contributed by atoms with Crippen LogP contribution in [0, 0.1) is 0 Å². The third-order valence-corrected chi connectivity index (χ3v) is 3.19. The summed E-state index contributed by atoms with van der Waals surface area (Å²) < 4.78 is 5.09. The van der Waals surface area contributed by atoms with Crippen molar-refractivity contribution < 1.29 is 14.3 Å². The molecule has 6 heteroatoms. The molecule has 0 radical (unpaired) electrons. The molecule has 0 spiro atoms. The van der Waals surface area contributed by atoms with Gasteiger partial charge < -0.3 is 9.52 Å². The van der Waals surface area contributed by atoms with Crippen LogP contribution in [-0.4, -0.2) is 17.2 Å². The van der Waals surface area contributed by atoms with E-state index in [1.165, 1.54) is 18.3 Å². The molecular formula is C17H12N2O4. The fraction of sp³-hybridized carbons (Fsp3) is 0. The number of hydrazone groups is 1. The van der Waals surface area contributed by atoms with Crippen molar-refractivity contribution in [2.75, 3.05) is 0 Å². The molecule has 2 N–H and O–H groups in total. The van der Waals surface area contributed by atoms with Gasteiger partial charge in [-0.2, -0.15) is 5.10 Å². The second-order valence-corrected chi connectivity index (χ2v) is 4.74. The monoisotopic (exact) mass is 308 g/mol. The van der Waals surface area contributed by atoms with Crippen LogP contribution in [0.5, 0.6) is 5.75 Å². The summed E-state index contributed by atoms with van der Waals surface area (Å²) in [6.07, 6.45) is 1.29. The standard InChI is InChI=1S/C17H12N2O4/c20-14-7-3-1-6-12(14)10-18-19-16(21)13-9-11-5-2-4-8-15(11)23-17(13)22/h1-10,20H,(H,19,21)/b18-10-. The number of fused-ring (bicyclic) bond motifs is 1. The number of phenols is 1. The van der Waals surface area contributed by atoms with E-state index in [-0.39, 0.29) is 11.3 Å². The van der Waals surface area contributed by atoms with Crippen LogP contribution < -0.4 is 11.1 Å². The van der Waals surface area contributed by atoms with E-state index in [2.05, 4.69) is 10.5 Å². The highest BCUT2D eigenvalue weighted by molar-refractivity contribution is 5.97. The maximum absolute atomic E-state index is 12.0. The number of benzene rings is 2. The van der Waals surface area contributed by atoms with E-state index < -0.39 is 11.5 Å². The summed E-state index contributed by atoms with van der Waals surface area (Å²) in [5, 5.41) is 14.0. The minimum absolute atomic E-state index is 0.0377. The minimum atomic E-state index is -0.737. The second kappa shape index (κ2) is 6.15. The van der Waals surface area contributed by atoms with Crippen molar-refractivity contribution in [1.29, 1.82) is 0 Å². The SMILES string of the molecule is O=C(N/N=C\c1ccccc1O)c1cc2ccccc2oc1=O. The molecule has 0 aliphatic carbocycles. The average molecular weight is 308 g/mol. The number of amides is 1. The highest BCUT2D eigenvalue weighted by Gasteiger charge is 2.12. The predicted molar refractivity (Wildman–Crippen MR) is 85.7 cm³/mol. The molecule has 114 valence electrons. The Morgan fingerprint density at radius 2 is 1.87 bits per heavy atom. The zero-order chi connectivity index (χ0) is 16.2. The molecule has 2 aromatic carbocycles. The Morgan fingerprint density at radius 3 is 2.70 bits per heavy atom.